The first-order valence-electron chi connectivity index (χ1n) is 4.72. The summed E-state index contributed by atoms with van der Waals surface area (Å²) in [6.45, 7) is 1.86. The molecule has 0 saturated heterocycles. The molecule has 1 aromatic carbocycles. The summed E-state index contributed by atoms with van der Waals surface area (Å²) in [5, 5.41) is 3.89. The fourth-order valence-electron chi connectivity index (χ4n) is 1.52. The Morgan fingerprint density at radius 1 is 1.33 bits per heavy atom. The quantitative estimate of drug-likeness (QED) is 0.827. The lowest BCUT2D eigenvalue weighted by Gasteiger charge is -2.11. The molecule has 15 heavy (non-hydrogen) atoms. The molecule has 0 unspecified atom stereocenters. The van der Waals surface area contributed by atoms with Crippen molar-refractivity contribution in [1.82, 2.24) is 0 Å². The molecular weight excluding hydrogens is 209 g/mol. The number of nitrogens with two attached hydrogens (primary N) is 1. The minimum atomic E-state index is -0.364. The molecule has 0 spiro atoms. The van der Waals surface area contributed by atoms with Crippen molar-refractivity contribution < 1.29 is 4.39 Å². The van der Waals surface area contributed by atoms with E-state index in [1.807, 2.05) is 29.8 Å². The van der Waals surface area contributed by atoms with Gasteiger partial charge in [0.25, 0.3) is 0 Å². The van der Waals surface area contributed by atoms with Crippen LogP contribution in [0.5, 0.6) is 0 Å². The summed E-state index contributed by atoms with van der Waals surface area (Å²) in [7, 11) is 0. The van der Waals surface area contributed by atoms with Gasteiger partial charge in [-0.15, -0.1) is 0 Å². The molecule has 2 rings (SSSR count). The van der Waals surface area contributed by atoms with Gasteiger partial charge < -0.3 is 5.73 Å². The largest absolute Gasteiger partial charge is 0.320 e. The molecule has 1 nitrogen and oxygen atoms in total. The van der Waals surface area contributed by atoms with Crippen LogP contribution in [0.2, 0.25) is 0 Å². The number of halogens is 1. The zero-order valence-electron chi connectivity index (χ0n) is 8.41. The van der Waals surface area contributed by atoms with Crippen molar-refractivity contribution in [3.8, 4) is 0 Å². The van der Waals surface area contributed by atoms with E-state index in [0.717, 1.165) is 11.1 Å². The first-order chi connectivity index (χ1) is 7.18. The number of hydrogen-bond acceptors (Lipinski definition) is 2. The maximum atomic E-state index is 13.6. The van der Waals surface area contributed by atoms with Crippen LogP contribution in [-0.2, 0) is 0 Å². The van der Waals surface area contributed by atoms with E-state index < -0.39 is 0 Å². The van der Waals surface area contributed by atoms with Gasteiger partial charge in [0.15, 0.2) is 0 Å². The van der Waals surface area contributed by atoms with Crippen LogP contribution in [0.4, 0.5) is 4.39 Å². The summed E-state index contributed by atoms with van der Waals surface area (Å²) >= 11 is 1.57. The first-order valence-corrected chi connectivity index (χ1v) is 5.66. The molecule has 1 heterocycles. The Bertz CT molecular complexity index is 451. The van der Waals surface area contributed by atoms with E-state index in [2.05, 4.69) is 0 Å². The predicted molar refractivity (Wildman–Crippen MR) is 61.5 cm³/mol. The van der Waals surface area contributed by atoms with Gasteiger partial charge in [-0.2, -0.15) is 11.3 Å². The Morgan fingerprint density at radius 3 is 2.73 bits per heavy atom. The molecule has 2 aromatic rings. The van der Waals surface area contributed by atoms with Gasteiger partial charge in [0.05, 0.1) is 6.04 Å². The Balaban J connectivity index is 2.38. The zero-order valence-corrected chi connectivity index (χ0v) is 9.22. The van der Waals surface area contributed by atoms with E-state index in [4.69, 9.17) is 5.73 Å². The molecule has 0 bridgehead atoms. The summed E-state index contributed by atoms with van der Waals surface area (Å²) in [4.78, 5) is 0. The highest BCUT2D eigenvalue weighted by molar-refractivity contribution is 7.08. The van der Waals surface area contributed by atoms with Gasteiger partial charge in [0.2, 0.25) is 0 Å². The fourth-order valence-corrected chi connectivity index (χ4v) is 2.21. The molecule has 2 N–H and O–H groups in total. The molecule has 3 heteroatoms. The molecular formula is C12H12FNS. The predicted octanol–water partition coefficient (Wildman–Crippen LogP) is 3.24. The van der Waals surface area contributed by atoms with Gasteiger partial charge >= 0.3 is 0 Å². The second kappa shape index (κ2) is 4.13. The number of benzene rings is 1. The van der Waals surface area contributed by atoms with Gasteiger partial charge in [0, 0.05) is 5.56 Å². The van der Waals surface area contributed by atoms with Crippen LogP contribution in [-0.4, -0.2) is 0 Å². The van der Waals surface area contributed by atoms with Crippen molar-refractivity contribution in [2.75, 3.05) is 0 Å². The van der Waals surface area contributed by atoms with E-state index >= 15 is 0 Å². The molecule has 0 aliphatic carbocycles. The van der Waals surface area contributed by atoms with Crippen LogP contribution in [0, 0.1) is 12.7 Å². The zero-order chi connectivity index (χ0) is 10.8. The van der Waals surface area contributed by atoms with Crippen molar-refractivity contribution in [2.45, 2.75) is 13.0 Å². The topological polar surface area (TPSA) is 26.0 Å². The average molecular weight is 221 g/mol. The number of hydrogen-bond donors (Lipinski definition) is 1. The normalized spacial score (nSPS) is 12.7. The third-order valence-corrected chi connectivity index (χ3v) is 3.09. The van der Waals surface area contributed by atoms with Crippen LogP contribution in [0.1, 0.15) is 22.7 Å². The maximum Gasteiger partial charge on any atom is 0.128 e. The lowest BCUT2D eigenvalue weighted by atomic mass is 10.0. The van der Waals surface area contributed by atoms with Crippen molar-refractivity contribution in [1.29, 1.82) is 0 Å². The van der Waals surface area contributed by atoms with Crippen LogP contribution >= 0.6 is 11.3 Å². The van der Waals surface area contributed by atoms with Crippen LogP contribution < -0.4 is 5.73 Å². The number of thiophene rings is 1. The monoisotopic (exact) mass is 221 g/mol. The third-order valence-electron chi connectivity index (χ3n) is 2.39. The van der Waals surface area contributed by atoms with Gasteiger partial charge in [-0.1, -0.05) is 12.1 Å². The van der Waals surface area contributed by atoms with E-state index in [9.17, 15) is 4.39 Å². The highest BCUT2D eigenvalue weighted by Gasteiger charge is 2.13. The Hall–Kier alpha value is -1.19. The second-order valence-electron chi connectivity index (χ2n) is 3.56. The van der Waals surface area contributed by atoms with Crippen molar-refractivity contribution in [2.24, 2.45) is 5.73 Å². The smallest absolute Gasteiger partial charge is 0.128 e. The van der Waals surface area contributed by atoms with Gasteiger partial charge in [-0.05, 0) is 40.9 Å². The van der Waals surface area contributed by atoms with Gasteiger partial charge in [-0.3, -0.25) is 0 Å². The summed E-state index contributed by atoms with van der Waals surface area (Å²) in [6.07, 6.45) is 0. The number of rotatable bonds is 2. The molecule has 1 atom stereocenters. The van der Waals surface area contributed by atoms with Gasteiger partial charge in [0.1, 0.15) is 5.82 Å². The first kappa shape index (κ1) is 10.3. The van der Waals surface area contributed by atoms with Gasteiger partial charge in [-0.25, -0.2) is 4.39 Å². The lowest BCUT2D eigenvalue weighted by Crippen LogP contribution is -2.12. The van der Waals surface area contributed by atoms with E-state index in [1.165, 1.54) is 6.07 Å². The standard InChI is InChI=1S/C12H12FNS/c1-8-2-3-10(11(13)6-8)12(14)9-4-5-15-7-9/h2-7,12H,14H2,1H3/t12-/m0/s1. The molecule has 1 aromatic heterocycles. The van der Waals surface area contributed by atoms with E-state index in [-0.39, 0.29) is 11.9 Å². The van der Waals surface area contributed by atoms with Crippen molar-refractivity contribution >= 4 is 11.3 Å². The summed E-state index contributed by atoms with van der Waals surface area (Å²) < 4.78 is 13.6. The molecule has 0 amide bonds. The molecule has 0 aliphatic heterocycles. The summed E-state index contributed by atoms with van der Waals surface area (Å²) in [5.74, 6) is -0.228. The minimum absolute atomic E-state index is 0.228. The second-order valence-corrected chi connectivity index (χ2v) is 4.34. The Labute approximate surface area is 92.4 Å². The minimum Gasteiger partial charge on any atom is -0.320 e. The van der Waals surface area contributed by atoms with E-state index in [0.29, 0.717) is 5.56 Å². The highest BCUT2D eigenvalue weighted by Crippen LogP contribution is 2.24. The molecule has 0 radical (unpaired) electrons. The highest BCUT2D eigenvalue weighted by atomic mass is 32.1. The SMILES string of the molecule is Cc1ccc([C@@H](N)c2ccsc2)c(F)c1. The molecule has 78 valence electrons. The lowest BCUT2D eigenvalue weighted by molar-refractivity contribution is 0.599. The molecule has 0 fully saturated rings. The summed E-state index contributed by atoms with van der Waals surface area (Å²) in [6, 6.07) is 6.71. The maximum absolute atomic E-state index is 13.6. The van der Waals surface area contributed by atoms with Crippen LogP contribution in [0.25, 0.3) is 0 Å². The Kier molecular flexibility index (Phi) is 2.84. The van der Waals surface area contributed by atoms with Crippen molar-refractivity contribution in [3.63, 3.8) is 0 Å². The number of aryl methyl sites for hydroxylation is 1. The average Bonchev–Trinajstić information content (AvgIpc) is 2.69. The Morgan fingerprint density at radius 2 is 2.13 bits per heavy atom. The van der Waals surface area contributed by atoms with Crippen LogP contribution in [0.3, 0.4) is 0 Å². The summed E-state index contributed by atoms with van der Waals surface area (Å²) in [5.41, 5.74) is 8.40. The van der Waals surface area contributed by atoms with Crippen molar-refractivity contribution in [3.05, 3.63) is 57.5 Å². The third kappa shape index (κ3) is 2.08. The molecule has 0 saturated carbocycles. The van der Waals surface area contributed by atoms with E-state index in [1.54, 1.807) is 17.4 Å². The fraction of sp³-hybridized carbons (Fsp3) is 0.167. The molecule has 0 aliphatic rings. The van der Waals surface area contributed by atoms with Crippen LogP contribution in [0.15, 0.2) is 35.0 Å².